The van der Waals surface area contributed by atoms with Crippen molar-refractivity contribution < 1.29 is 14.3 Å². The summed E-state index contributed by atoms with van der Waals surface area (Å²) < 4.78 is 12.4. The van der Waals surface area contributed by atoms with E-state index < -0.39 is 0 Å². The number of amides is 1. The molecule has 33 heavy (non-hydrogen) atoms. The van der Waals surface area contributed by atoms with Gasteiger partial charge >= 0.3 is 0 Å². The fraction of sp³-hybridized carbons (Fsp3) is 0.462. The topological polar surface area (TPSA) is 54.9 Å². The van der Waals surface area contributed by atoms with Crippen LogP contribution in [0.1, 0.15) is 41.3 Å². The first-order chi connectivity index (χ1) is 16.0. The quantitative estimate of drug-likeness (QED) is 0.411. The number of carbonyl (C=O) groups is 1. The highest BCUT2D eigenvalue weighted by molar-refractivity contribution is 7.22. The smallest absolute Gasteiger partial charge is 0.260 e. The lowest BCUT2D eigenvalue weighted by Crippen LogP contribution is -2.43. The number of nitrogens with zero attached hydrogens (tertiary/aromatic N) is 3. The van der Waals surface area contributed by atoms with Crippen LogP contribution in [-0.4, -0.2) is 61.8 Å². The Balaban J connectivity index is 1.58. The molecule has 0 atom stereocenters. The number of ether oxygens (including phenoxy) is 2. The zero-order valence-corrected chi connectivity index (χ0v) is 20.6. The van der Waals surface area contributed by atoms with Gasteiger partial charge in [0.2, 0.25) is 0 Å². The predicted octanol–water partition coefficient (Wildman–Crippen LogP) is 5.07. The highest BCUT2D eigenvalue weighted by atomic mass is 32.1. The zero-order chi connectivity index (χ0) is 23.2. The normalized spacial score (nSPS) is 14.5. The summed E-state index contributed by atoms with van der Waals surface area (Å²) >= 11 is 1.59. The number of aryl methyl sites for hydroxylation is 2. The first kappa shape index (κ1) is 23.7. The number of aromatic nitrogens is 1. The van der Waals surface area contributed by atoms with Gasteiger partial charge in [-0.25, -0.2) is 4.98 Å². The van der Waals surface area contributed by atoms with Crippen LogP contribution >= 0.6 is 11.3 Å². The molecule has 0 N–H and O–H groups in total. The van der Waals surface area contributed by atoms with Gasteiger partial charge in [-0.1, -0.05) is 30.7 Å². The second-order valence-electron chi connectivity index (χ2n) is 8.56. The Morgan fingerprint density at radius 2 is 1.94 bits per heavy atom. The number of carbonyl (C=O) groups excluding carboxylic acids is 1. The average molecular weight is 468 g/mol. The molecule has 0 saturated carbocycles. The van der Waals surface area contributed by atoms with Crippen LogP contribution in [0.5, 0.6) is 5.75 Å². The maximum Gasteiger partial charge on any atom is 0.260 e. The highest BCUT2D eigenvalue weighted by Crippen LogP contribution is 2.32. The largest absolute Gasteiger partial charge is 0.494 e. The summed E-state index contributed by atoms with van der Waals surface area (Å²) in [4.78, 5) is 22.7. The lowest BCUT2D eigenvalue weighted by molar-refractivity contribution is 0.0391. The highest BCUT2D eigenvalue weighted by Gasteiger charge is 2.23. The molecule has 4 rings (SSSR count). The van der Waals surface area contributed by atoms with Gasteiger partial charge in [-0.05, 0) is 61.7 Å². The first-order valence-corrected chi connectivity index (χ1v) is 12.6. The van der Waals surface area contributed by atoms with Gasteiger partial charge in [0, 0.05) is 31.7 Å². The minimum Gasteiger partial charge on any atom is -0.494 e. The molecule has 1 aromatic heterocycles. The van der Waals surface area contributed by atoms with Crippen molar-refractivity contribution in [2.75, 3.05) is 50.9 Å². The van der Waals surface area contributed by atoms with Crippen LogP contribution in [0.2, 0.25) is 0 Å². The summed E-state index contributed by atoms with van der Waals surface area (Å²) in [7, 11) is 0. The van der Waals surface area contributed by atoms with Crippen LogP contribution < -0.4 is 9.64 Å². The standard InChI is InChI=1S/C26H33N3O3S/c1-4-5-14-32-22-8-6-21(7-9-22)25(30)29(11-10-28-12-15-31-16-13-28)26-27-24-20(3)17-19(2)18-23(24)33-26/h6-9,17-18H,4-5,10-16H2,1-3H3. The molecule has 0 aliphatic carbocycles. The van der Waals surface area contributed by atoms with E-state index in [1.807, 2.05) is 29.2 Å². The van der Waals surface area contributed by atoms with E-state index in [9.17, 15) is 4.79 Å². The third kappa shape index (κ3) is 5.91. The first-order valence-electron chi connectivity index (χ1n) is 11.8. The summed E-state index contributed by atoms with van der Waals surface area (Å²) in [6.45, 7) is 11.7. The van der Waals surface area contributed by atoms with Crippen LogP contribution in [0.3, 0.4) is 0 Å². The van der Waals surface area contributed by atoms with E-state index in [2.05, 4.69) is 37.8 Å². The lowest BCUT2D eigenvalue weighted by Gasteiger charge is -2.29. The Labute approximate surface area is 200 Å². The second-order valence-corrected chi connectivity index (χ2v) is 9.57. The van der Waals surface area contributed by atoms with Crippen molar-refractivity contribution in [2.24, 2.45) is 0 Å². The molecular weight excluding hydrogens is 434 g/mol. The third-order valence-corrected chi connectivity index (χ3v) is 6.93. The van der Waals surface area contributed by atoms with Gasteiger partial charge < -0.3 is 9.47 Å². The molecule has 7 heteroatoms. The summed E-state index contributed by atoms with van der Waals surface area (Å²) in [5, 5.41) is 0.750. The number of morpholine rings is 1. The van der Waals surface area contributed by atoms with Crippen LogP contribution in [0, 0.1) is 13.8 Å². The van der Waals surface area contributed by atoms with E-state index in [1.165, 1.54) is 5.56 Å². The fourth-order valence-electron chi connectivity index (χ4n) is 4.01. The van der Waals surface area contributed by atoms with Crippen molar-refractivity contribution in [3.8, 4) is 5.75 Å². The third-order valence-electron chi connectivity index (χ3n) is 5.91. The van der Waals surface area contributed by atoms with Crippen molar-refractivity contribution in [1.82, 2.24) is 9.88 Å². The maximum atomic E-state index is 13.6. The zero-order valence-electron chi connectivity index (χ0n) is 19.8. The number of fused-ring (bicyclic) bond motifs is 1. The van der Waals surface area contributed by atoms with E-state index >= 15 is 0 Å². The molecule has 0 bridgehead atoms. The number of hydrogen-bond donors (Lipinski definition) is 0. The Morgan fingerprint density at radius 3 is 2.67 bits per heavy atom. The van der Waals surface area contributed by atoms with E-state index in [0.717, 1.165) is 72.4 Å². The van der Waals surface area contributed by atoms with Gasteiger partial charge in [0.25, 0.3) is 5.91 Å². The van der Waals surface area contributed by atoms with E-state index in [0.29, 0.717) is 18.7 Å². The van der Waals surface area contributed by atoms with Crippen molar-refractivity contribution in [3.05, 3.63) is 53.1 Å². The molecule has 2 aromatic carbocycles. The molecule has 1 aliphatic rings. The van der Waals surface area contributed by atoms with Gasteiger partial charge in [0.15, 0.2) is 5.13 Å². The monoisotopic (exact) mass is 467 g/mol. The molecule has 1 aliphatic heterocycles. The molecule has 2 heterocycles. The number of anilines is 1. The van der Waals surface area contributed by atoms with E-state index in [-0.39, 0.29) is 5.91 Å². The van der Waals surface area contributed by atoms with Crippen molar-refractivity contribution in [3.63, 3.8) is 0 Å². The SMILES string of the molecule is CCCCOc1ccc(C(=O)N(CCN2CCOCC2)c2nc3c(C)cc(C)cc3s2)cc1. The average Bonchev–Trinajstić information content (AvgIpc) is 3.24. The number of rotatable bonds is 9. The minimum atomic E-state index is -0.0307. The molecule has 1 saturated heterocycles. The van der Waals surface area contributed by atoms with Gasteiger partial charge in [-0.2, -0.15) is 0 Å². The molecule has 0 radical (unpaired) electrons. The minimum absolute atomic E-state index is 0.0307. The van der Waals surface area contributed by atoms with Crippen LogP contribution in [0.25, 0.3) is 10.2 Å². The number of hydrogen-bond acceptors (Lipinski definition) is 6. The summed E-state index contributed by atoms with van der Waals surface area (Å²) in [6, 6.07) is 11.8. The maximum absolute atomic E-state index is 13.6. The fourth-order valence-corrected chi connectivity index (χ4v) is 5.17. The number of thiazole rings is 1. The Morgan fingerprint density at radius 1 is 1.18 bits per heavy atom. The predicted molar refractivity (Wildman–Crippen MR) is 135 cm³/mol. The van der Waals surface area contributed by atoms with Crippen LogP contribution in [0.15, 0.2) is 36.4 Å². The second kappa shape index (κ2) is 11.1. The Bertz CT molecular complexity index is 1070. The molecule has 176 valence electrons. The number of benzene rings is 2. The molecule has 0 unspecified atom stereocenters. The van der Waals surface area contributed by atoms with Crippen molar-refractivity contribution >= 4 is 32.6 Å². The van der Waals surface area contributed by atoms with Gasteiger partial charge in [0.05, 0.1) is 30.0 Å². The number of unbranched alkanes of at least 4 members (excludes halogenated alkanes) is 1. The lowest BCUT2D eigenvalue weighted by atomic mass is 10.1. The summed E-state index contributed by atoms with van der Waals surface area (Å²) in [6.07, 6.45) is 2.11. The summed E-state index contributed by atoms with van der Waals surface area (Å²) in [5.74, 6) is 0.766. The molecule has 1 fully saturated rings. The molecule has 3 aromatic rings. The molecule has 0 spiro atoms. The van der Waals surface area contributed by atoms with Gasteiger partial charge in [-0.3, -0.25) is 14.6 Å². The molecule has 6 nitrogen and oxygen atoms in total. The summed E-state index contributed by atoms with van der Waals surface area (Å²) in [5.41, 5.74) is 3.97. The van der Waals surface area contributed by atoms with Gasteiger partial charge in [0.1, 0.15) is 5.75 Å². The Kier molecular flexibility index (Phi) is 7.96. The van der Waals surface area contributed by atoms with Crippen molar-refractivity contribution in [1.29, 1.82) is 0 Å². The van der Waals surface area contributed by atoms with Crippen LogP contribution in [0.4, 0.5) is 5.13 Å². The van der Waals surface area contributed by atoms with Gasteiger partial charge in [-0.15, -0.1) is 0 Å². The van der Waals surface area contributed by atoms with Crippen LogP contribution in [-0.2, 0) is 4.74 Å². The Hall–Kier alpha value is -2.48. The molecular formula is C26H33N3O3S. The van der Waals surface area contributed by atoms with E-state index in [1.54, 1.807) is 11.3 Å². The van der Waals surface area contributed by atoms with E-state index in [4.69, 9.17) is 14.5 Å². The van der Waals surface area contributed by atoms with Crippen molar-refractivity contribution in [2.45, 2.75) is 33.6 Å². The molecule has 1 amide bonds.